The van der Waals surface area contributed by atoms with Gasteiger partial charge in [-0.2, -0.15) is 0 Å². The lowest BCUT2D eigenvalue weighted by Gasteiger charge is -2.05. The molecular formula is C6H13O2. The summed E-state index contributed by atoms with van der Waals surface area (Å²) >= 11 is 0. The van der Waals surface area contributed by atoms with Crippen molar-refractivity contribution in [2.75, 3.05) is 13.4 Å². The van der Waals surface area contributed by atoms with Gasteiger partial charge < -0.3 is 9.47 Å². The topological polar surface area (TPSA) is 18.5 Å². The summed E-state index contributed by atoms with van der Waals surface area (Å²) in [6, 6.07) is 0. The zero-order valence-corrected chi connectivity index (χ0v) is 5.52. The van der Waals surface area contributed by atoms with Gasteiger partial charge in [0.2, 0.25) is 0 Å². The van der Waals surface area contributed by atoms with Crippen LogP contribution in [0.2, 0.25) is 0 Å². The van der Waals surface area contributed by atoms with Crippen molar-refractivity contribution in [2.45, 2.75) is 20.0 Å². The summed E-state index contributed by atoms with van der Waals surface area (Å²) in [5.74, 6) is 0. The first-order chi connectivity index (χ1) is 3.77. The summed E-state index contributed by atoms with van der Waals surface area (Å²) in [6.45, 7) is 8.25. The van der Waals surface area contributed by atoms with Gasteiger partial charge in [-0.15, -0.1) is 0 Å². The Labute approximate surface area is 50.8 Å². The van der Waals surface area contributed by atoms with Gasteiger partial charge in [0.1, 0.15) is 6.79 Å². The van der Waals surface area contributed by atoms with Crippen molar-refractivity contribution < 1.29 is 9.47 Å². The standard InChI is InChI=1S/C6H13O2/c1-4-7-5-8-6(2)3/h6H,1,4-5H2,2-3H3. The van der Waals surface area contributed by atoms with E-state index in [4.69, 9.17) is 9.47 Å². The molecule has 0 aromatic carbocycles. The molecule has 0 bridgehead atoms. The summed E-state index contributed by atoms with van der Waals surface area (Å²) in [4.78, 5) is 0. The molecular weight excluding hydrogens is 104 g/mol. The number of hydrogen-bond donors (Lipinski definition) is 0. The maximum absolute atomic E-state index is 5.02. The van der Waals surface area contributed by atoms with E-state index in [-0.39, 0.29) is 6.10 Å². The van der Waals surface area contributed by atoms with Crippen LogP contribution in [0.1, 0.15) is 13.8 Å². The highest BCUT2D eigenvalue weighted by atomic mass is 16.7. The van der Waals surface area contributed by atoms with Crippen molar-refractivity contribution in [1.29, 1.82) is 0 Å². The van der Waals surface area contributed by atoms with Crippen LogP contribution in [0.3, 0.4) is 0 Å². The Kier molecular flexibility index (Phi) is 5.01. The molecule has 0 unspecified atom stereocenters. The molecule has 0 saturated heterocycles. The molecule has 0 aliphatic heterocycles. The number of ether oxygens (including phenoxy) is 2. The van der Waals surface area contributed by atoms with Crippen molar-refractivity contribution in [2.24, 2.45) is 0 Å². The van der Waals surface area contributed by atoms with Crippen molar-refractivity contribution in [3.05, 3.63) is 6.92 Å². The van der Waals surface area contributed by atoms with E-state index < -0.39 is 0 Å². The molecule has 2 nitrogen and oxygen atoms in total. The molecule has 0 aromatic rings. The average Bonchev–Trinajstić information content (AvgIpc) is 1.66. The third-order valence-electron chi connectivity index (χ3n) is 0.629. The second kappa shape index (κ2) is 5.06. The third-order valence-corrected chi connectivity index (χ3v) is 0.629. The summed E-state index contributed by atoms with van der Waals surface area (Å²) in [6.07, 6.45) is 0.251. The van der Waals surface area contributed by atoms with Gasteiger partial charge in [-0.3, -0.25) is 0 Å². The predicted octanol–water partition coefficient (Wildman–Crippen LogP) is 1.22. The predicted molar refractivity (Wildman–Crippen MR) is 32.4 cm³/mol. The first-order valence-electron chi connectivity index (χ1n) is 2.76. The van der Waals surface area contributed by atoms with Gasteiger partial charge in [-0.05, 0) is 20.8 Å². The molecule has 0 N–H and O–H groups in total. The molecule has 0 saturated carbocycles. The van der Waals surface area contributed by atoms with Crippen LogP contribution >= 0.6 is 0 Å². The molecule has 0 aliphatic rings. The molecule has 0 aromatic heterocycles. The summed E-state index contributed by atoms with van der Waals surface area (Å²) in [5, 5.41) is 0. The van der Waals surface area contributed by atoms with E-state index in [2.05, 4.69) is 6.92 Å². The Bertz CT molecular complexity index is 43.8. The number of hydrogen-bond acceptors (Lipinski definition) is 2. The fraction of sp³-hybridized carbons (Fsp3) is 0.833. The molecule has 0 rings (SSSR count). The lowest BCUT2D eigenvalue weighted by Crippen LogP contribution is -2.06. The lowest BCUT2D eigenvalue weighted by molar-refractivity contribution is -0.0705. The maximum atomic E-state index is 5.02. The van der Waals surface area contributed by atoms with Gasteiger partial charge >= 0.3 is 0 Å². The quantitative estimate of drug-likeness (QED) is 0.407. The normalized spacial score (nSPS) is 10.5. The average molecular weight is 117 g/mol. The molecule has 0 fully saturated rings. The largest absolute Gasteiger partial charge is 0.355 e. The highest BCUT2D eigenvalue weighted by Crippen LogP contribution is 1.86. The molecule has 0 amide bonds. The van der Waals surface area contributed by atoms with E-state index >= 15 is 0 Å². The molecule has 0 heterocycles. The molecule has 0 aliphatic carbocycles. The van der Waals surface area contributed by atoms with Gasteiger partial charge in [0, 0.05) is 6.61 Å². The highest BCUT2D eigenvalue weighted by molar-refractivity contribution is 4.31. The second-order valence-electron chi connectivity index (χ2n) is 1.74. The minimum absolute atomic E-state index is 0.251. The van der Waals surface area contributed by atoms with Crippen LogP contribution in [0, 0.1) is 6.92 Å². The van der Waals surface area contributed by atoms with Crippen molar-refractivity contribution in [1.82, 2.24) is 0 Å². The third kappa shape index (κ3) is 5.92. The molecule has 49 valence electrons. The van der Waals surface area contributed by atoms with Crippen LogP contribution in [0.15, 0.2) is 0 Å². The fourth-order valence-corrected chi connectivity index (χ4v) is 0.243. The van der Waals surface area contributed by atoms with Crippen molar-refractivity contribution in [3.8, 4) is 0 Å². The molecule has 0 spiro atoms. The zero-order chi connectivity index (χ0) is 6.41. The summed E-state index contributed by atoms with van der Waals surface area (Å²) < 4.78 is 9.83. The van der Waals surface area contributed by atoms with Gasteiger partial charge in [0.25, 0.3) is 0 Å². The Morgan fingerprint density at radius 1 is 1.50 bits per heavy atom. The highest BCUT2D eigenvalue weighted by Gasteiger charge is 1.88. The van der Waals surface area contributed by atoms with Gasteiger partial charge in [-0.25, -0.2) is 0 Å². The molecule has 8 heavy (non-hydrogen) atoms. The Morgan fingerprint density at radius 2 is 2.12 bits per heavy atom. The SMILES string of the molecule is [CH2]COCOC(C)C. The van der Waals surface area contributed by atoms with Crippen LogP contribution in [0.4, 0.5) is 0 Å². The van der Waals surface area contributed by atoms with E-state index in [1.165, 1.54) is 0 Å². The summed E-state index contributed by atoms with van der Waals surface area (Å²) in [5.41, 5.74) is 0. The fourth-order valence-electron chi connectivity index (χ4n) is 0.243. The van der Waals surface area contributed by atoms with Gasteiger partial charge in [0.15, 0.2) is 0 Å². The smallest absolute Gasteiger partial charge is 0.147 e. The van der Waals surface area contributed by atoms with Crippen LogP contribution in [-0.4, -0.2) is 19.5 Å². The maximum Gasteiger partial charge on any atom is 0.147 e. The van der Waals surface area contributed by atoms with Crippen LogP contribution < -0.4 is 0 Å². The van der Waals surface area contributed by atoms with Gasteiger partial charge in [-0.1, -0.05) is 0 Å². The minimum atomic E-state index is 0.251. The number of rotatable bonds is 4. The monoisotopic (exact) mass is 117 g/mol. The first-order valence-corrected chi connectivity index (χ1v) is 2.76. The Balaban J connectivity index is 2.72. The Morgan fingerprint density at radius 3 is 2.50 bits per heavy atom. The second-order valence-corrected chi connectivity index (χ2v) is 1.74. The van der Waals surface area contributed by atoms with E-state index in [9.17, 15) is 0 Å². The van der Waals surface area contributed by atoms with E-state index in [0.717, 1.165) is 0 Å². The van der Waals surface area contributed by atoms with Crippen LogP contribution in [-0.2, 0) is 9.47 Å². The first kappa shape index (κ1) is 7.92. The summed E-state index contributed by atoms with van der Waals surface area (Å²) in [7, 11) is 0. The Hall–Kier alpha value is -0.0800. The molecule has 1 radical (unpaired) electrons. The van der Waals surface area contributed by atoms with Crippen LogP contribution in [0.5, 0.6) is 0 Å². The van der Waals surface area contributed by atoms with E-state index in [0.29, 0.717) is 13.4 Å². The van der Waals surface area contributed by atoms with Crippen LogP contribution in [0.25, 0.3) is 0 Å². The van der Waals surface area contributed by atoms with E-state index in [1.807, 2.05) is 13.8 Å². The van der Waals surface area contributed by atoms with Gasteiger partial charge in [0.05, 0.1) is 6.10 Å². The molecule has 0 atom stereocenters. The van der Waals surface area contributed by atoms with E-state index in [1.54, 1.807) is 0 Å². The minimum Gasteiger partial charge on any atom is -0.355 e. The van der Waals surface area contributed by atoms with Crippen molar-refractivity contribution in [3.63, 3.8) is 0 Å². The molecule has 2 heteroatoms. The zero-order valence-electron chi connectivity index (χ0n) is 5.52. The lowest BCUT2D eigenvalue weighted by atomic mass is 10.5. The van der Waals surface area contributed by atoms with Crippen molar-refractivity contribution >= 4 is 0 Å².